The van der Waals surface area contributed by atoms with Crippen molar-refractivity contribution >= 4 is 15.7 Å². The normalized spacial score (nSPS) is 11.2. The third-order valence-corrected chi connectivity index (χ3v) is 4.30. The fourth-order valence-corrected chi connectivity index (χ4v) is 2.46. The van der Waals surface area contributed by atoms with Gasteiger partial charge in [0.05, 0.1) is 4.90 Å². The van der Waals surface area contributed by atoms with Gasteiger partial charge in [0.2, 0.25) is 0 Å². The molecule has 0 spiro atoms. The van der Waals surface area contributed by atoms with Gasteiger partial charge in [0.15, 0.2) is 9.84 Å². The van der Waals surface area contributed by atoms with E-state index in [0.717, 1.165) is 11.8 Å². The average molecular weight is 320 g/mol. The van der Waals surface area contributed by atoms with Crippen LogP contribution in [0.15, 0.2) is 52.3 Å². The van der Waals surface area contributed by atoms with Gasteiger partial charge >= 0.3 is 0 Å². The van der Waals surface area contributed by atoms with E-state index in [1.807, 2.05) is 0 Å². The molecule has 0 fully saturated rings. The summed E-state index contributed by atoms with van der Waals surface area (Å²) < 4.78 is 24.1. The second-order valence-electron chi connectivity index (χ2n) is 4.96. The van der Waals surface area contributed by atoms with Crippen molar-refractivity contribution in [3.8, 4) is 0 Å². The Morgan fingerprint density at radius 2 is 1.82 bits per heavy atom. The Labute approximate surface area is 128 Å². The summed E-state index contributed by atoms with van der Waals surface area (Å²) in [4.78, 5) is 23.7. The van der Waals surface area contributed by atoms with Crippen LogP contribution in [-0.4, -0.2) is 25.1 Å². The highest BCUT2D eigenvalue weighted by Gasteiger charge is 2.08. The van der Waals surface area contributed by atoms with Crippen molar-refractivity contribution in [2.24, 2.45) is 7.05 Å². The molecule has 2 rings (SSSR count). The molecule has 7 heteroatoms. The van der Waals surface area contributed by atoms with Gasteiger partial charge in [0.25, 0.3) is 11.5 Å². The first kappa shape index (κ1) is 16.0. The number of aromatic nitrogens is 1. The molecular weight excluding hydrogens is 304 g/mol. The van der Waals surface area contributed by atoms with Gasteiger partial charge in [0, 0.05) is 37.7 Å². The highest BCUT2D eigenvalue weighted by atomic mass is 32.2. The van der Waals surface area contributed by atoms with Crippen molar-refractivity contribution < 1.29 is 13.2 Å². The molecule has 0 aliphatic carbocycles. The first-order chi connectivity index (χ1) is 10.3. The SMILES string of the molecule is Cn1ccc(C(=O)NCc2ccc(S(C)(=O)=O)cc2)cc1=O. The molecule has 1 aromatic heterocycles. The van der Waals surface area contributed by atoms with Crippen molar-refractivity contribution in [3.63, 3.8) is 0 Å². The minimum Gasteiger partial charge on any atom is -0.348 e. The van der Waals surface area contributed by atoms with E-state index in [0.29, 0.717) is 0 Å². The van der Waals surface area contributed by atoms with Crippen LogP contribution in [0.2, 0.25) is 0 Å². The molecule has 0 aliphatic heterocycles. The zero-order chi connectivity index (χ0) is 16.3. The van der Waals surface area contributed by atoms with Gasteiger partial charge in [-0.05, 0) is 23.8 Å². The van der Waals surface area contributed by atoms with Crippen LogP contribution in [0.4, 0.5) is 0 Å². The predicted molar refractivity (Wildman–Crippen MR) is 82.4 cm³/mol. The second kappa shape index (κ2) is 6.15. The van der Waals surface area contributed by atoms with Gasteiger partial charge in [-0.1, -0.05) is 12.1 Å². The molecule has 0 radical (unpaired) electrons. The Morgan fingerprint density at radius 3 is 2.36 bits per heavy atom. The number of aryl methyl sites for hydroxylation is 1. The van der Waals surface area contributed by atoms with Gasteiger partial charge in [-0.2, -0.15) is 0 Å². The molecule has 0 atom stereocenters. The summed E-state index contributed by atoms with van der Waals surface area (Å²) in [6.07, 6.45) is 2.66. The van der Waals surface area contributed by atoms with Crippen molar-refractivity contribution in [2.45, 2.75) is 11.4 Å². The number of benzene rings is 1. The molecule has 0 bridgehead atoms. The van der Waals surface area contributed by atoms with E-state index in [9.17, 15) is 18.0 Å². The lowest BCUT2D eigenvalue weighted by molar-refractivity contribution is 0.0950. The summed E-state index contributed by atoms with van der Waals surface area (Å²) in [5.74, 6) is -0.357. The topological polar surface area (TPSA) is 85.2 Å². The number of carbonyl (C=O) groups is 1. The molecule has 1 aromatic carbocycles. The third-order valence-electron chi connectivity index (χ3n) is 3.17. The number of hydrogen-bond acceptors (Lipinski definition) is 4. The van der Waals surface area contributed by atoms with E-state index in [-0.39, 0.29) is 28.5 Å². The summed E-state index contributed by atoms with van der Waals surface area (Å²) in [6.45, 7) is 0.248. The lowest BCUT2D eigenvalue weighted by Crippen LogP contribution is -2.25. The summed E-state index contributed by atoms with van der Waals surface area (Å²) in [7, 11) is -1.62. The smallest absolute Gasteiger partial charge is 0.251 e. The fourth-order valence-electron chi connectivity index (χ4n) is 1.83. The Morgan fingerprint density at radius 1 is 1.18 bits per heavy atom. The molecule has 116 valence electrons. The Balaban J connectivity index is 2.05. The van der Waals surface area contributed by atoms with E-state index in [2.05, 4.69) is 5.32 Å². The van der Waals surface area contributed by atoms with Gasteiger partial charge in [0.1, 0.15) is 0 Å². The molecule has 1 heterocycles. The molecule has 22 heavy (non-hydrogen) atoms. The lowest BCUT2D eigenvalue weighted by Gasteiger charge is -2.06. The molecule has 0 saturated heterocycles. The van der Waals surface area contributed by atoms with Crippen LogP contribution in [0.3, 0.4) is 0 Å². The van der Waals surface area contributed by atoms with Crippen LogP contribution in [0.1, 0.15) is 15.9 Å². The van der Waals surface area contributed by atoms with Crippen molar-refractivity contribution in [1.29, 1.82) is 0 Å². The largest absolute Gasteiger partial charge is 0.348 e. The maximum Gasteiger partial charge on any atom is 0.251 e. The maximum absolute atomic E-state index is 12.0. The quantitative estimate of drug-likeness (QED) is 0.899. The minimum absolute atomic E-state index is 0.231. The number of nitrogens with one attached hydrogen (secondary N) is 1. The van der Waals surface area contributed by atoms with Crippen molar-refractivity contribution in [1.82, 2.24) is 9.88 Å². The lowest BCUT2D eigenvalue weighted by atomic mass is 10.2. The van der Waals surface area contributed by atoms with Crippen molar-refractivity contribution in [3.05, 3.63) is 64.1 Å². The summed E-state index contributed by atoms with van der Waals surface area (Å²) >= 11 is 0. The summed E-state index contributed by atoms with van der Waals surface area (Å²) in [5.41, 5.74) is 0.797. The average Bonchev–Trinajstić information content (AvgIpc) is 2.47. The Hall–Kier alpha value is -2.41. The molecule has 1 N–H and O–H groups in total. The molecule has 2 aromatic rings. The fraction of sp³-hybridized carbons (Fsp3) is 0.200. The van der Waals surface area contributed by atoms with Gasteiger partial charge in [-0.3, -0.25) is 9.59 Å². The highest BCUT2D eigenvalue weighted by Crippen LogP contribution is 2.10. The van der Waals surface area contributed by atoms with Gasteiger partial charge in [-0.15, -0.1) is 0 Å². The van der Waals surface area contributed by atoms with Gasteiger partial charge < -0.3 is 9.88 Å². The number of nitrogens with zero attached hydrogens (tertiary/aromatic N) is 1. The standard InChI is InChI=1S/C15H16N2O4S/c1-17-8-7-12(9-14(17)18)15(19)16-10-11-3-5-13(6-4-11)22(2,20)21/h3-9H,10H2,1-2H3,(H,16,19). The number of hydrogen-bond donors (Lipinski definition) is 1. The third kappa shape index (κ3) is 3.82. The highest BCUT2D eigenvalue weighted by molar-refractivity contribution is 7.90. The van der Waals surface area contributed by atoms with Gasteiger partial charge in [-0.25, -0.2) is 8.42 Å². The number of amides is 1. The molecule has 0 saturated carbocycles. The van der Waals surface area contributed by atoms with Crippen LogP contribution in [0.25, 0.3) is 0 Å². The van der Waals surface area contributed by atoms with Crippen LogP contribution >= 0.6 is 0 Å². The maximum atomic E-state index is 12.0. The zero-order valence-corrected chi connectivity index (χ0v) is 13.1. The van der Waals surface area contributed by atoms with Crippen LogP contribution in [-0.2, 0) is 23.4 Å². The molecule has 6 nitrogen and oxygen atoms in total. The minimum atomic E-state index is -3.23. The summed E-state index contributed by atoms with van der Waals surface area (Å²) in [6, 6.07) is 9.09. The van der Waals surface area contributed by atoms with E-state index in [1.54, 1.807) is 25.2 Å². The summed E-state index contributed by atoms with van der Waals surface area (Å²) in [5, 5.41) is 2.68. The Kier molecular flexibility index (Phi) is 4.46. The number of carbonyl (C=O) groups excluding carboxylic acids is 1. The number of pyridine rings is 1. The first-order valence-corrected chi connectivity index (χ1v) is 8.40. The van der Waals surface area contributed by atoms with E-state index >= 15 is 0 Å². The number of rotatable bonds is 4. The van der Waals surface area contributed by atoms with E-state index in [4.69, 9.17) is 0 Å². The molecule has 0 unspecified atom stereocenters. The van der Waals surface area contributed by atoms with Crippen molar-refractivity contribution in [2.75, 3.05) is 6.26 Å². The monoisotopic (exact) mass is 320 g/mol. The van der Waals surface area contributed by atoms with E-state index < -0.39 is 9.84 Å². The number of sulfone groups is 1. The van der Waals surface area contributed by atoms with Crippen LogP contribution in [0, 0.1) is 0 Å². The first-order valence-electron chi connectivity index (χ1n) is 6.51. The molecule has 1 amide bonds. The van der Waals surface area contributed by atoms with Crippen LogP contribution < -0.4 is 10.9 Å². The Bertz CT molecular complexity index is 852. The second-order valence-corrected chi connectivity index (χ2v) is 6.98. The molecule has 0 aliphatic rings. The molecular formula is C15H16N2O4S. The van der Waals surface area contributed by atoms with Crippen LogP contribution in [0.5, 0.6) is 0 Å². The van der Waals surface area contributed by atoms with E-state index in [1.165, 1.54) is 29.0 Å². The predicted octanol–water partition coefficient (Wildman–Crippen LogP) is 0.719. The zero-order valence-electron chi connectivity index (χ0n) is 12.2.